The van der Waals surface area contributed by atoms with Crippen molar-refractivity contribution >= 4 is 41.4 Å². The molecule has 16 unspecified atom stereocenters. The van der Waals surface area contributed by atoms with Gasteiger partial charge < -0.3 is 94.0 Å². The molecule has 4 rings (SSSR count). The zero-order chi connectivity index (χ0) is 57.8. The van der Waals surface area contributed by atoms with Gasteiger partial charge in [0, 0.05) is 52.0 Å². The molecule has 0 aliphatic carbocycles. The number of carbonyl (C=O) groups is 7. The molecule has 0 spiro atoms. The van der Waals surface area contributed by atoms with Gasteiger partial charge in [0.1, 0.15) is 54.2 Å². The van der Waals surface area contributed by atoms with Crippen molar-refractivity contribution in [2.45, 2.75) is 203 Å². The molecular weight excluding hydrogens is 1020 g/mol. The van der Waals surface area contributed by atoms with E-state index in [2.05, 4.69) is 52.7 Å². The number of nitrogens with one attached hydrogen (secondary N) is 6. The van der Waals surface area contributed by atoms with Crippen LogP contribution in [-0.4, -0.2) is 210 Å². The number of fused-ring (bicyclic) bond motifs is 2. The first-order valence-electron chi connectivity index (χ1n) is 27.8. The van der Waals surface area contributed by atoms with Gasteiger partial charge in [0.25, 0.3) is 0 Å². The third kappa shape index (κ3) is 19.0. The summed E-state index contributed by atoms with van der Waals surface area (Å²) >= 11 is 0. The fraction of sp³-hybridized carbons (Fsp3) is 0.755. The van der Waals surface area contributed by atoms with Crippen LogP contribution < -0.4 is 43.4 Å². The molecule has 25 heteroatoms. The molecule has 1 aromatic rings. The van der Waals surface area contributed by atoms with E-state index in [1.165, 1.54) is 30.7 Å². The number of unbranched alkanes of at least 4 members (excludes halogenated alkanes) is 5. The third-order valence-corrected chi connectivity index (χ3v) is 15.2. The Morgan fingerprint density at radius 3 is 1.99 bits per heavy atom. The number of hydrogen-bond donors (Lipinski definition) is 16. The number of nitrogens with zero attached hydrogens (tertiary/aromatic N) is 2. The number of benzene rings is 1. The van der Waals surface area contributed by atoms with Crippen LogP contribution in [0.4, 0.5) is 0 Å². The molecule has 78 heavy (non-hydrogen) atoms. The van der Waals surface area contributed by atoms with Crippen LogP contribution in [0.25, 0.3) is 0 Å². The molecular formula is C53H90N10O15. The summed E-state index contributed by atoms with van der Waals surface area (Å²) in [6.45, 7) is 6.93. The third-order valence-electron chi connectivity index (χ3n) is 15.2. The molecule has 442 valence electrons. The molecule has 3 fully saturated rings. The number of aliphatic hydroxyl groups excluding tert-OH is 7. The number of amides is 7. The van der Waals surface area contributed by atoms with Crippen LogP contribution in [0.3, 0.4) is 0 Å². The summed E-state index contributed by atoms with van der Waals surface area (Å²) in [5.41, 5.74) is 11.4. The minimum atomic E-state index is -2.28. The Balaban J connectivity index is 1.74. The van der Waals surface area contributed by atoms with Gasteiger partial charge >= 0.3 is 0 Å². The van der Waals surface area contributed by atoms with Gasteiger partial charge in [-0.2, -0.15) is 0 Å². The average Bonchev–Trinajstić information content (AvgIpc) is 3.99. The van der Waals surface area contributed by atoms with Crippen molar-refractivity contribution in [2.24, 2.45) is 23.3 Å². The number of hydrogen-bond acceptors (Lipinski definition) is 18. The molecule has 18 N–H and O–H groups in total. The molecule has 0 bridgehead atoms. The Labute approximate surface area is 457 Å². The Morgan fingerprint density at radius 2 is 1.35 bits per heavy atom. The molecule has 1 aromatic carbocycles. The summed E-state index contributed by atoms with van der Waals surface area (Å²) < 4.78 is 0. The van der Waals surface area contributed by atoms with Gasteiger partial charge in [0.05, 0.1) is 36.6 Å². The first-order chi connectivity index (χ1) is 37.0. The molecule has 16 atom stereocenters. The van der Waals surface area contributed by atoms with E-state index in [1.54, 1.807) is 0 Å². The van der Waals surface area contributed by atoms with Crippen molar-refractivity contribution < 1.29 is 74.4 Å². The van der Waals surface area contributed by atoms with Crippen LogP contribution in [-0.2, 0) is 33.6 Å². The Bertz CT molecular complexity index is 2090. The van der Waals surface area contributed by atoms with Crippen LogP contribution in [0.15, 0.2) is 24.3 Å². The van der Waals surface area contributed by atoms with Crippen molar-refractivity contribution in [3.8, 4) is 5.75 Å². The van der Waals surface area contributed by atoms with E-state index in [0.717, 1.165) is 55.2 Å². The SMILES string of the molecule is CCC(C)CC(C)CCCCCCCCC(=O)NC1CC(O)C(CNCCN)NC(=O)C2C(O)CCN2C(=O)C(C(O)CCN)NC(=O)C(C(O)C(O)c2ccc(O)cc2)NC(=O)C2CC(O)CN2C(=O)C(C(C)O)NC1=O. The highest BCUT2D eigenvalue weighted by molar-refractivity contribution is 5.98. The monoisotopic (exact) mass is 1110 g/mol. The van der Waals surface area contributed by atoms with Gasteiger partial charge in [-0.05, 0) is 68.7 Å². The van der Waals surface area contributed by atoms with Gasteiger partial charge in [-0.25, -0.2) is 0 Å². The molecule has 0 radical (unpaired) electrons. The first-order valence-corrected chi connectivity index (χ1v) is 27.8. The molecule has 0 aromatic heterocycles. The normalized spacial score (nSPS) is 28.4. The molecule has 3 saturated heterocycles. The number of rotatable bonds is 24. The van der Waals surface area contributed by atoms with Gasteiger partial charge in [-0.1, -0.05) is 77.8 Å². The summed E-state index contributed by atoms with van der Waals surface area (Å²) in [7, 11) is 0. The van der Waals surface area contributed by atoms with Gasteiger partial charge in [0.2, 0.25) is 41.4 Å². The minimum Gasteiger partial charge on any atom is -0.508 e. The second kappa shape index (κ2) is 32.2. The summed E-state index contributed by atoms with van der Waals surface area (Å²) in [6, 6.07) is -7.66. The largest absolute Gasteiger partial charge is 0.508 e. The van der Waals surface area contributed by atoms with Crippen molar-refractivity contribution in [3.05, 3.63) is 29.8 Å². The Hall–Kier alpha value is -5.09. The van der Waals surface area contributed by atoms with Crippen LogP contribution >= 0.6 is 0 Å². The highest BCUT2D eigenvalue weighted by Gasteiger charge is 2.49. The van der Waals surface area contributed by atoms with E-state index in [0.29, 0.717) is 24.7 Å². The zero-order valence-electron chi connectivity index (χ0n) is 45.7. The standard InChI is InChI=1S/C53H90N10O15/c1-5-29(2)24-30(3)12-10-8-6-7-9-11-13-41(70)57-35-26-40(69)36(27-56-22-21-55)58-51(76)45-39(68)19-23-62(45)53(78)43(38(67)18-20-54)60-50(75)44(47(72)46(71)32-14-16-33(65)17-15-32)61-49(74)37-25-34(66)28-63(37)52(77)42(31(4)64)59-48(35)73/h14-17,29-31,34-40,42-47,56,64-69,71-72H,5-13,18-28,54-55H2,1-4H3,(H,57,70)(H,58,76)(H,59,73)(H,60,75)(H,61,74). The number of nitrogens with two attached hydrogens (primary N) is 2. The topological polar surface area (TPSA) is 412 Å². The fourth-order valence-corrected chi connectivity index (χ4v) is 10.4. The Morgan fingerprint density at radius 1 is 0.718 bits per heavy atom. The number of aromatic hydroxyl groups is 1. The maximum absolute atomic E-state index is 14.6. The molecule has 25 nitrogen and oxygen atoms in total. The van der Waals surface area contributed by atoms with Crippen LogP contribution in [0.2, 0.25) is 0 Å². The van der Waals surface area contributed by atoms with Gasteiger partial charge in [0.15, 0.2) is 0 Å². The second-order valence-corrected chi connectivity index (χ2v) is 21.6. The highest BCUT2D eigenvalue weighted by atomic mass is 16.3. The maximum atomic E-state index is 14.6. The van der Waals surface area contributed by atoms with Gasteiger partial charge in [-0.15, -0.1) is 0 Å². The fourth-order valence-electron chi connectivity index (χ4n) is 10.4. The van der Waals surface area contributed by atoms with E-state index in [9.17, 15) is 74.4 Å². The lowest BCUT2D eigenvalue weighted by Crippen LogP contribution is -2.64. The summed E-state index contributed by atoms with van der Waals surface area (Å²) in [6.07, 6.45) is -5.29. The second-order valence-electron chi connectivity index (χ2n) is 21.6. The van der Waals surface area contributed by atoms with Crippen molar-refractivity contribution in [2.75, 3.05) is 39.3 Å². The number of phenolic OH excluding ortho intramolecular Hbond substituents is 1. The van der Waals surface area contributed by atoms with E-state index < -0.39 is 146 Å². The predicted molar refractivity (Wildman–Crippen MR) is 285 cm³/mol. The summed E-state index contributed by atoms with van der Waals surface area (Å²) in [5.74, 6) is -6.34. The molecule has 7 amide bonds. The minimum absolute atomic E-state index is 0.0192. The Kier molecular flexibility index (Phi) is 27.0. The highest BCUT2D eigenvalue weighted by Crippen LogP contribution is 2.27. The predicted octanol–water partition coefficient (Wildman–Crippen LogP) is -3.27. The van der Waals surface area contributed by atoms with Gasteiger partial charge in [-0.3, -0.25) is 33.6 Å². The first kappa shape index (κ1) is 65.4. The number of carbonyl (C=O) groups excluding carboxylic acids is 7. The quantitative estimate of drug-likeness (QED) is 0.0452. The molecule has 3 aliphatic rings. The molecule has 3 heterocycles. The van der Waals surface area contributed by atoms with E-state index in [1.807, 2.05) is 0 Å². The van der Waals surface area contributed by atoms with Crippen molar-refractivity contribution in [1.29, 1.82) is 0 Å². The van der Waals surface area contributed by atoms with E-state index in [4.69, 9.17) is 11.5 Å². The van der Waals surface area contributed by atoms with Crippen molar-refractivity contribution in [3.63, 3.8) is 0 Å². The summed E-state index contributed by atoms with van der Waals surface area (Å²) in [4.78, 5) is 102. The van der Waals surface area contributed by atoms with Crippen LogP contribution in [0, 0.1) is 11.8 Å². The maximum Gasteiger partial charge on any atom is 0.248 e. The smallest absolute Gasteiger partial charge is 0.248 e. The number of phenols is 1. The zero-order valence-corrected chi connectivity index (χ0v) is 45.7. The lowest BCUT2D eigenvalue weighted by molar-refractivity contribution is -0.148. The van der Waals surface area contributed by atoms with Crippen LogP contribution in [0.5, 0.6) is 5.75 Å². The van der Waals surface area contributed by atoms with E-state index >= 15 is 0 Å². The lowest BCUT2D eigenvalue weighted by atomic mass is 9.91. The van der Waals surface area contributed by atoms with Crippen molar-refractivity contribution in [1.82, 2.24) is 41.7 Å². The summed E-state index contributed by atoms with van der Waals surface area (Å²) in [5, 5.41) is 105. The molecule has 3 aliphatic heterocycles. The average molecular weight is 1110 g/mol. The lowest BCUT2D eigenvalue weighted by Gasteiger charge is -2.35. The van der Waals surface area contributed by atoms with Crippen LogP contribution in [0.1, 0.15) is 129 Å². The number of aliphatic hydroxyl groups is 7. The molecule has 0 saturated carbocycles. The van der Waals surface area contributed by atoms with E-state index in [-0.39, 0.29) is 63.3 Å².